The quantitative estimate of drug-likeness (QED) is 0.630. The summed E-state index contributed by atoms with van der Waals surface area (Å²) in [6, 6.07) is 15.5. The summed E-state index contributed by atoms with van der Waals surface area (Å²) in [5.74, 6) is 0.117. The summed E-state index contributed by atoms with van der Waals surface area (Å²) in [5.41, 5.74) is 3.10. The number of nitrogens with zero attached hydrogens (tertiary/aromatic N) is 2. The van der Waals surface area contributed by atoms with Crippen LogP contribution in [0.3, 0.4) is 0 Å². The number of rotatable bonds is 5. The van der Waals surface area contributed by atoms with Crippen LogP contribution in [-0.2, 0) is 0 Å². The molecule has 1 heterocycles. The minimum Gasteiger partial charge on any atom is -0.339 e. The van der Waals surface area contributed by atoms with Gasteiger partial charge in [0.25, 0.3) is 5.91 Å². The Kier molecular flexibility index (Phi) is 5.47. The Morgan fingerprint density at radius 3 is 2.22 bits per heavy atom. The molecule has 0 aliphatic rings. The van der Waals surface area contributed by atoms with E-state index in [0.717, 1.165) is 11.3 Å². The van der Waals surface area contributed by atoms with Crippen molar-refractivity contribution in [1.82, 2.24) is 10.2 Å². The van der Waals surface area contributed by atoms with Gasteiger partial charge in [-0.05, 0) is 67.9 Å². The number of carbonyl (C=O) groups is 2. The lowest BCUT2D eigenvalue weighted by Crippen LogP contribution is -2.14. The lowest BCUT2D eigenvalue weighted by Gasteiger charge is -2.08. The first kappa shape index (κ1) is 18.5. The number of hydrogen-bond donors (Lipinski definition) is 2. The fourth-order valence-electron chi connectivity index (χ4n) is 2.32. The third-order valence-electron chi connectivity index (χ3n) is 3.89. The molecule has 136 valence electrons. The number of amides is 1. The van der Waals surface area contributed by atoms with Gasteiger partial charge in [-0.3, -0.25) is 9.59 Å². The predicted octanol–water partition coefficient (Wildman–Crippen LogP) is 4.64. The highest BCUT2D eigenvalue weighted by molar-refractivity contribution is 6.31. The molecule has 0 aliphatic carbocycles. The maximum atomic E-state index is 12.3. The van der Waals surface area contributed by atoms with E-state index in [0.29, 0.717) is 22.1 Å². The highest BCUT2D eigenvalue weighted by Crippen LogP contribution is 2.20. The van der Waals surface area contributed by atoms with Gasteiger partial charge < -0.3 is 10.6 Å². The summed E-state index contributed by atoms with van der Waals surface area (Å²) in [5, 5.41) is 14.3. The number of benzene rings is 2. The Hall–Kier alpha value is -3.25. The molecule has 1 aromatic heterocycles. The third-order valence-corrected chi connectivity index (χ3v) is 4.30. The van der Waals surface area contributed by atoms with Crippen LogP contribution >= 0.6 is 11.6 Å². The zero-order valence-electron chi connectivity index (χ0n) is 14.8. The highest BCUT2D eigenvalue weighted by Gasteiger charge is 2.10. The summed E-state index contributed by atoms with van der Waals surface area (Å²) in [6.45, 7) is 3.40. The van der Waals surface area contributed by atoms with Crippen LogP contribution in [0.25, 0.3) is 0 Å². The lowest BCUT2D eigenvalue weighted by molar-refractivity contribution is 0.101. The molecule has 0 bridgehead atoms. The monoisotopic (exact) mass is 380 g/mol. The van der Waals surface area contributed by atoms with Crippen molar-refractivity contribution >= 4 is 40.5 Å². The van der Waals surface area contributed by atoms with Gasteiger partial charge in [0.1, 0.15) is 0 Å². The van der Waals surface area contributed by atoms with Crippen molar-refractivity contribution < 1.29 is 9.59 Å². The average molecular weight is 381 g/mol. The van der Waals surface area contributed by atoms with Gasteiger partial charge >= 0.3 is 0 Å². The Balaban J connectivity index is 1.66. The van der Waals surface area contributed by atoms with E-state index in [1.165, 1.54) is 6.92 Å². The molecule has 3 aromatic rings. The summed E-state index contributed by atoms with van der Waals surface area (Å²) < 4.78 is 0. The van der Waals surface area contributed by atoms with Gasteiger partial charge in [0.15, 0.2) is 17.3 Å². The first-order valence-electron chi connectivity index (χ1n) is 8.21. The van der Waals surface area contributed by atoms with Gasteiger partial charge in [-0.1, -0.05) is 17.7 Å². The van der Waals surface area contributed by atoms with Gasteiger partial charge in [0.2, 0.25) is 0 Å². The third kappa shape index (κ3) is 4.68. The molecule has 7 heteroatoms. The topological polar surface area (TPSA) is 84.0 Å². The van der Waals surface area contributed by atoms with Crippen LogP contribution in [0.1, 0.15) is 33.3 Å². The first-order valence-corrected chi connectivity index (χ1v) is 8.59. The zero-order chi connectivity index (χ0) is 19.4. The van der Waals surface area contributed by atoms with E-state index >= 15 is 0 Å². The molecule has 0 spiro atoms. The van der Waals surface area contributed by atoms with Crippen LogP contribution < -0.4 is 10.6 Å². The predicted molar refractivity (Wildman–Crippen MR) is 106 cm³/mol. The van der Waals surface area contributed by atoms with Crippen LogP contribution in [0, 0.1) is 6.92 Å². The molecule has 1 amide bonds. The molecule has 0 radical (unpaired) electrons. The van der Waals surface area contributed by atoms with Gasteiger partial charge in [0, 0.05) is 22.0 Å². The molecule has 0 fully saturated rings. The van der Waals surface area contributed by atoms with E-state index in [1.807, 2.05) is 13.0 Å². The van der Waals surface area contributed by atoms with E-state index in [-0.39, 0.29) is 17.4 Å². The van der Waals surface area contributed by atoms with E-state index in [4.69, 9.17) is 11.6 Å². The molecule has 3 rings (SSSR count). The molecular weight excluding hydrogens is 364 g/mol. The number of aromatic nitrogens is 2. The van der Waals surface area contributed by atoms with Gasteiger partial charge in [0.05, 0.1) is 0 Å². The normalized spacial score (nSPS) is 10.3. The van der Waals surface area contributed by atoms with Gasteiger partial charge in [-0.15, -0.1) is 10.2 Å². The number of hydrogen-bond acceptors (Lipinski definition) is 5. The van der Waals surface area contributed by atoms with E-state index in [2.05, 4.69) is 20.8 Å². The minimum absolute atomic E-state index is 0.00608. The number of ketones is 1. The number of halogens is 1. The van der Waals surface area contributed by atoms with Crippen molar-refractivity contribution in [3.05, 3.63) is 76.4 Å². The molecule has 0 saturated heterocycles. The Morgan fingerprint density at radius 2 is 1.63 bits per heavy atom. The molecule has 2 aromatic carbocycles. The lowest BCUT2D eigenvalue weighted by atomic mass is 10.1. The Labute approximate surface area is 161 Å². The number of anilines is 3. The van der Waals surface area contributed by atoms with Crippen molar-refractivity contribution in [3.63, 3.8) is 0 Å². The number of nitrogens with one attached hydrogen (secondary N) is 2. The summed E-state index contributed by atoms with van der Waals surface area (Å²) in [4.78, 5) is 23.6. The highest BCUT2D eigenvalue weighted by atomic mass is 35.5. The Bertz CT molecular complexity index is 986. The Morgan fingerprint density at radius 1 is 0.926 bits per heavy atom. The largest absolute Gasteiger partial charge is 0.339 e. The van der Waals surface area contributed by atoms with Crippen molar-refractivity contribution in [3.8, 4) is 0 Å². The maximum Gasteiger partial charge on any atom is 0.276 e. The van der Waals surface area contributed by atoms with Crippen LogP contribution in [0.4, 0.5) is 17.2 Å². The van der Waals surface area contributed by atoms with Crippen molar-refractivity contribution in [2.45, 2.75) is 13.8 Å². The summed E-state index contributed by atoms with van der Waals surface area (Å²) >= 11 is 6.06. The van der Waals surface area contributed by atoms with Crippen molar-refractivity contribution in [2.24, 2.45) is 0 Å². The van der Waals surface area contributed by atoms with Crippen molar-refractivity contribution in [1.29, 1.82) is 0 Å². The molecule has 27 heavy (non-hydrogen) atoms. The van der Waals surface area contributed by atoms with Crippen LogP contribution in [-0.4, -0.2) is 21.9 Å². The summed E-state index contributed by atoms with van der Waals surface area (Å²) in [7, 11) is 0. The van der Waals surface area contributed by atoms with Crippen LogP contribution in [0.2, 0.25) is 5.02 Å². The van der Waals surface area contributed by atoms with Crippen molar-refractivity contribution in [2.75, 3.05) is 10.6 Å². The van der Waals surface area contributed by atoms with E-state index in [1.54, 1.807) is 48.5 Å². The molecule has 0 unspecified atom stereocenters. The number of aryl methyl sites for hydroxylation is 1. The second-order valence-corrected chi connectivity index (χ2v) is 6.39. The van der Waals surface area contributed by atoms with Crippen LogP contribution in [0.15, 0.2) is 54.6 Å². The van der Waals surface area contributed by atoms with E-state index < -0.39 is 0 Å². The smallest absolute Gasteiger partial charge is 0.276 e. The average Bonchev–Trinajstić information content (AvgIpc) is 2.66. The zero-order valence-corrected chi connectivity index (χ0v) is 15.5. The molecular formula is C20H17ClN4O2. The first-order chi connectivity index (χ1) is 12.9. The standard InChI is InChI=1S/C20H17ClN4O2/c1-12-3-6-16(11-17(12)21)23-20(27)18-9-10-19(25-24-18)22-15-7-4-14(5-8-15)13(2)26/h3-11H,1-2H3,(H,22,25)(H,23,27). The number of Topliss-reactive ketones (excluding diaryl/α,β-unsaturated/α-hetero) is 1. The second-order valence-electron chi connectivity index (χ2n) is 5.98. The molecule has 0 saturated carbocycles. The fraction of sp³-hybridized carbons (Fsp3) is 0.100. The molecule has 0 atom stereocenters. The molecule has 2 N–H and O–H groups in total. The number of carbonyl (C=O) groups excluding carboxylic acids is 2. The fourth-order valence-corrected chi connectivity index (χ4v) is 2.50. The van der Waals surface area contributed by atoms with Crippen LogP contribution in [0.5, 0.6) is 0 Å². The van der Waals surface area contributed by atoms with E-state index in [9.17, 15) is 9.59 Å². The summed E-state index contributed by atoms with van der Waals surface area (Å²) in [6.07, 6.45) is 0. The second kappa shape index (κ2) is 7.97. The molecule has 0 aliphatic heterocycles. The van der Waals surface area contributed by atoms with Gasteiger partial charge in [-0.2, -0.15) is 0 Å². The maximum absolute atomic E-state index is 12.3. The van der Waals surface area contributed by atoms with Gasteiger partial charge in [-0.25, -0.2) is 0 Å². The minimum atomic E-state index is -0.375. The molecule has 6 nitrogen and oxygen atoms in total. The SMILES string of the molecule is CC(=O)c1ccc(Nc2ccc(C(=O)Nc3ccc(C)c(Cl)c3)nn2)cc1.